The summed E-state index contributed by atoms with van der Waals surface area (Å²) in [6, 6.07) is 11.6. The van der Waals surface area contributed by atoms with Gasteiger partial charge in [0.1, 0.15) is 11.6 Å². The molecule has 1 aromatic heterocycles. The highest BCUT2D eigenvalue weighted by molar-refractivity contribution is 5.96. The molecule has 1 heterocycles. The second-order valence-electron chi connectivity index (χ2n) is 5.38. The molecule has 0 unspecified atom stereocenters. The van der Waals surface area contributed by atoms with Gasteiger partial charge in [-0.25, -0.2) is 4.39 Å². The Balaban J connectivity index is 1.85. The summed E-state index contributed by atoms with van der Waals surface area (Å²) in [6.07, 6.45) is 0.204. The fourth-order valence-corrected chi connectivity index (χ4v) is 2.65. The molecule has 118 valence electrons. The summed E-state index contributed by atoms with van der Waals surface area (Å²) in [4.78, 5) is 15.5. The molecule has 2 aromatic carbocycles. The Bertz CT molecular complexity index is 871. The fraction of sp³-hybridized carbons (Fsp3) is 0.167. The molecule has 1 amide bonds. The van der Waals surface area contributed by atoms with Gasteiger partial charge in [-0.15, -0.1) is 0 Å². The molecule has 0 bridgehead atoms. The van der Waals surface area contributed by atoms with Crippen LogP contribution in [-0.2, 0) is 11.2 Å². The van der Waals surface area contributed by atoms with E-state index in [1.165, 1.54) is 12.1 Å². The van der Waals surface area contributed by atoms with Gasteiger partial charge in [0.05, 0.1) is 13.5 Å². The van der Waals surface area contributed by atoms with Crippen LogP contribution in [0.4, 0.5) is 10.1 Å². The Hall–Kier alpha value is -2.82. The van der Waals surface area contributed by atoms with Crippen LogP contribution in [0.15, 0.2) is 42.5 Å². The minimum atomic E-state index is -0.379. The molecule has 23 heavy (non-hydrogen) atoms. The summed E-state index contributed by atoms with van der Waals surface area (Å²) >= 11 is 0. The zero-order chi connectivity index (χ0) is 16.4. The van der Waals surface area contributed by atoms with E-state index >= 15 is 0 Å². The lowest BCUT2D eigenvalue weighted by molar-refractivity contribution is -0.115. The second-order valence-corrected chi connectivity index (χ2v) is 5.38. The molecule has 0 aliphatic rings. The number of halogens is 1. The maximum Gasteiger partial charge on any atom is 0.228 e. The van der Waals surface area contributed by atoms with Gasteiger partial charge >= 0.3 is 0 Å². The van der Waals surface area contributed by atoms with Crippen molar-refractivity contribution in [3.8, 4) is 5.75 Å². The monoisotopic (exact) mass is 312 g/mol. The summed E-state index contributed by atoms with van der Waals surface area (Å²) in [5, 5.41) is 3.67. The number of H-pyrrole nitrogens is 1. The van der Waals surface area contributed by atoms with Crippen molar-refractivity contribution in [2.75, 3.05) is 12.4 Å². The van der Waals surface area contributed by atoms with E-state index in [9.17, 15) is 9.18 Å². The molecular formula is C18H17FN2O2. The molecule has 0 saturated carbocycles. The van der Waals surface area contributed by atoms with E-state index in [0.29, 0.717) is 5.69 Å². The van der Waals surface area contributed by atoms with Crippen LogP contribution in [0, 0.1) is 12.7 Å². The highest BCUT2D eigenvalue weighted by Gasteiger charge is 2.13. The molecule has 0 spiro atoms. The number of nitrogens with one attached hydrogen (secondary N) is 2. The first-order chi connectivity index (χ1) is 11.1. The topological polar surface area (TPSA) is 54.1 Å². The average Bonchev–Trinajstić information content (AvgIpc) is 2.82. The number of methoxy groups -OCH3 is 1. The standard InChI is InChI=1S/C18H17FN2O2/c1-11-15(16-9-14(23-2)6-7-17(16)20-11)10-18(22)21-13-5-3-4-12(19)8-13/h3-9,20H,10H2,1-2H3,(H,21,22). The first-order valence-electron chi connectivity index (χ1n) is 7.27. The van der Waals surface area contributed by atoms with Gasteiger partial charge in [-0.2, -0.15) is 0 Å². The number of fused-ring (bicyclic) bond motifs is 1. The van der Waals surface area contributed by atoms with Crippen molar-refractivity contribution in [3.05, 3.63) is 59.5 Å². The number of amides is 1. The molecule has 0 atom stereocenters. The summed E-state index contributed by atoms with van der Waals surface area (Å²) in [5.74, 6) is 0.168. The molecule has 0 radical (unpaired) electrons. The average molecular weight is 312 g/mol. The van der Waals surface area contributed by atoms with Crippen LogP contribution < -0.4 is 10.1 Å². The molecule has 0 saturated heterocycles. The minimum Gasteiger partial charge on any atom is -0.497 e. The summed E-state index contributed by atoms with van der Waals surface area (Å²) in [7, 11) is 1.61. The number of rotatable bonds is 4. The third kappa shape index (κ3) is 3.18. The summed E-state index contributed by atoms with van der Waals surface area (Å²) in [5.41, 5.74) is 3.25. The van der Waals surface area contributed by atoms with Crippen molar-refractivity contribution < 1.29 is 13.9 Å². The van der Waals surface area contributed by atoms with Crippen LogP contribution in [0.25, 0.3) is 10.9 Å². The smallest absolute Gasteiger partial charge is 0.228 e. The number of carbonyl (C=O) groups is 1. The van der Waals surface area contributed by atoms with Crippen molar-refractivity contribution >= 4 is 22.5 Å². The normalized spacial score (nSPS) is 10.7. The number of ether oxygens (including phenoxy) is 1. The lowest BCUT2D eigenvalue weighted by Gasteiger charge is -2.06. The third-order valence-corrected chi connectivity index (χ3v) is 3.77. The van der Waals surface area contributed by atoms with Crippen LogP contribution >= 0.6 is 0 Å². The van der Waals surface area contributed by atoms with E-state index < -0.39 is 0 Å². The van der Waals surface area contributed by atoms with Gasteiger partial charge in [-0.1, -0.05) is 6.07 Å². The molecule has 0 fully saturated rings. The van der Waals surface area contributed by atoms with Gasteiger partial charge in [0.15, 0.2) is 0 Å². The predicted octanol–water partition coefficient (Wildman–Crippen LogP) is 3.81. The summed E-state index contributed by atoms with van der Waals surface area (Å²) in [6.45, 7) is 1.93. The Labute approximate surface area is 133 Å². The Morgan fingerprint density at radius 2 is 2.09 bits per heavy atom. The van der Waals surface area contributed by atoms with Crippen molar-refractivity contribution in [3.63, 3.8) is 0 Å². The summed E-state index contributed by atoms with van der Waals surface area (Å²) < 4.78 is 18.4. The van der Waals surface area contributed by atoms with Gasteiger partial charge in [-0.3, -0.25) is 4.79 Å². The predicted molar refractivity (Wildman–Crippen MR) is 88.3 cm³/mol. The molecule has 0 aliphatic carbocycles. The van der Waals surface area contributed by atoms with Crippen molar-refractivity contribution in [1.82, 2.24) is 4.98 Å². The quantitative estimate of drug-likeness (QED) is 0.770. The molecule has 3 aromatic rings. The van der Waals surface area contributed by atoms with Crippen molar-refractivity contribution in [2.24, 2.45) is 0 Å². The Morgan fingerprint density at radius 1 is 1.26 bits per heavy atom. The van der Waals surface area contributed by atoms with Gasteiger partial charge in [0, 0.05) is 22.3 Å². The van der Waals surface area contributed by atoms with Crippen LogP contribution in [0.5, 0.6) is 5.75 Å². The maximum atomic E-state index is 13.2. The van der Waals surface area contributed by atoms with E-state index in [4.69, 9.17) is 4.74 Å². The number of aromatic amines is 1. The largest absolute Gasteiger partial charge is 0.497 e. The number of anilines is 1. The molecule has 5 heteroatoms. The Morgan fingerprint density at radius 3 is 2.83 bits per heavy atom. The zero-order valence-corrected chi connectivity index (χ0v) is 12.9. The fourth-order valence-electron chi connectivity index (χ4n) is 2.65. The number of carbonyl (C=O) groups excluding carboxylic acids is 1. The number of benzene rings is 2. The maximum absolute atomic E-state index is 13.2. The van der Waals surface area contributed by atoms with E-state index in [-0.39, 0.29) is 18.1 Å². The van der Waals surface area contributed by atoms with E-state index in [0.717, 1.165) is 27.9 Å². The highest BCUT2D eigenvalue weighted by atomic mass is 19.1. The van der Waals surface area contributed by atoms with Crippen molar-refractivity contribution in [1.29, 1.82) is 0 Å². The van der Waals surface area contributed by atoms with Gasteiger partial charge in [-0.05, 0) is 48.9 Å². The minimum absolute atomic E-state index is 0.192. The van der Waals surface area contributed by atoms with Crippen LogP contribution in [0.3, 0.4) is 0 Å². The Kier molecular flexibility index (Phi) is 4.02. The first-order valence-corrected chi connectivity index (χ1v) is 7.27. The van der Waals surface area contributed by atoms with Gasteiger partial charge in [0.25, 0.3) is 0 Å². The third-order valence-electron chi connectivity index (χ3n) is 3.77. The van der Waals surface area contributed by atoms with Crippen molar-refractivity contribution in [2.45, 2.75) is 13.3 Å². The highest BCUT2D eigenvalue weighted by Crippen LogP contribution is 2.27. The van der Waals surface area contributed by atoms with Gasteiger partial charge in [0.2, 0.25) is 5.91 Å². The van der Waals surface area contributed by atoms with E-state index in [1.54, 1.807) is 19.2 Å². The zero-order valence-electron chi connectivity index (χ0n) is 12.9. The van der Waals surface area contributed by atoms with E-state index in [2.05, 4.69) is 10.3 Å². The molecule has 4 nitrogen and oxygen atoms in total. The molecule has 2 N–H and O–H groups in total. The van der Waals surface area contributed by atoms with Crippen LogP contribution in [0.1, 0.15) is 11.3 Å². The lowest BCUT2D eigenvalue weighted by Crippen LogP contribution is -2.14. The first kappa shape index (κ1) is 15.1. The number of hydrogen-bond acceptors (Lipinski definition) is 2. The second kappa shape index (κ2) is 6.12. The van der Waals surface area contributed by atoms with Crippen LogP contribution in [0.2, 0.25) is 0 Å². The molecule has 0 aliphatic heterocycles. The van der Waals surface area contributed by atoms with Crippen LogP contribution in [-0.4, -0.2) is 18.0 Å². The number of aryl methyl sites for hydroxylation is 1. The number of aromatic nitrogens is 1. The van der Waals surface area contributed by atoms with Gasteiger partial charge < -0.3 is 15.0 Å². The SMILES string of the molecule is COc1ccc2[nH]c(C)c(CC(=O)Nc3cccc(F)c3)c2c1. The molecule has 3 rings (SSSR count). The molecular weight excluding hydrogens is 295 g/mol. The van der Waals surface area contributed by atoms with E-state index in [1.807, 2.05) is 25.1 Å². The number of hydrogen-bond donors (Lipinski definition) is 2. The lowest BCUT2D eigenvalue weighted by atomic mass is 10.1.